The zero-order valence-corrected chi connectivity index (χ0v) is 15.0. The van der Waals surface area contributed by atoms with Gasteiger partial charge in [0.15, 0.2) is 5.82 Å². The lowest BCUT2D eigenvalue weighted by Gasteiger charge is -2.08. The van der Waals surface area contributed by atoms with Crippen molar-refractivity contribution in [3.8, 4) is 22.8 Å². The molecule has 0 bridgehead atoms. The largest absolute Gasteiger partial charge is 0.479 e. The fraction of sp³-hybridized carbons (Fsp3) is 0.389. The lowest BCUT2D eigenvalue weighted by Crippen LogP contribution is -2.06. The Labute approximate surface area is 150 Å². The zero-order valence-electron chi connectivity index (χ0n) is 15.0. The van der Waals surface area contributed by atoms with E-state index in [-0.39, 0.29) is 5.88 Å². The van der Waals surface area contributed by atoms with Crippen LogP contribution in [0.2, 0.25) is 0 Å². The molecule has 0 spiro atoms. The Hall–Kier alpha value is -2.74. The van der Waals surface area contributed by atoms with Gasteiger partial charge in [0.05, 0.1) is 49.3 Å². The second kappa shape index (κ2) is 6.53. The van der Waals surface area contributed by atoms with E-state index in [1.807, 2.05) is 20.2 Å². The standard InChI is InChI=1S/C18H20FN5O2/c1-11-14(10-23(2)21-11)17-13-4-6-26-7-5-16(13)24(22-17)12-8-15(19)18(25-3)20-9-12/h8-10H,4-7H2,1-3H3. The molecule has 1 aliphatic heterocycles. The molecule has 0 amide bonds. The summed E-state index contributed by atoms with van der Waals surface area (Å²) >= 11 is 0. The van der Waals surface area contributed by atoms with E-state index in [2.05, 4.69) is 10.1 Å². The number of nitrogens with zero attached hydrogens (tertiary/aromatic N) is 5. The van der Waals surface area contributed by atoms with E-state index in [4.69, 9.17) is 14.6 Å². The second-order valence-electron chi connectivity index (χ2n) is 6.28. The molecule has 0 atom stereocenters. The minimum atomic E-state index is -0.516. The summed E-state index contributed by atoms with van der Waals surface area (Å²) in [6.45, 7) is 3.21. The van der Waals surface area contributed by atoms with Gasteiger partial charge in [0.2, 0.25) is 5.88 Å². The molecule has 0 radical (unpaired) electrons. The first kappa shape index (κ1) is 16.7. The quantitative estimate of drug-likeness (QED) is 0.719. The van der Waals surface area contributed by atoms with Crippen molar-refractivity contribution in [2.45, 2.75) is 19.8 Å². The summed E-state index contributed by atoms with van der Waals surface area (Å²) in [5.41, 5.74) is 5.46. The van der Waals surface area contributed by atoms with Crippen LogP contribution in [0.15, 0.2) is 18.5 Å². The smallest absolute Gasteiger partial charge is 0.250 e. The molecule has 0 aromatic carbocycles. The van der Waals surface area contributed by atoms with Gasteiger partial charge in [0.25, 0.3) is 0 Å². The molecular formula is C18H20FN5O2. The first-order valence-electron chi connectivity index (χ1n) is 8.47. The first-order valence-corrected chi connectivity index (χ1v) is 8.47. The van der Waals surface area contributed by atoms with E-state index in [1.54, 1.807) is 15.6 Å². The molecule has 1 aliphatic rings. The van der Waals surface area contributed by atoms with Gasteiger partial charge in [-0.2, -0.15) is 10.2 Å². The van der Waals surface area contributed by atoms with Gasteiger partial charge in [-0.05, 0) is 13.3 Å². The SMILES string of the molecule is COc1ncc(-n2nc(-c3cn(C)nc3C)c3c2CCOCC3)cc1F. The molecule has 0 saturated carbocycles. The maximum atomic E-state index is 14.2. The molecule has 3 aromatic heterocycles. The van der Waals surface area contributed by atoms with Crippen LogP contribution in [-0.4, -0.2) is 44.9 Å². The fourth-order valence-corrected chi connectivity index (χ4v) is 3.39. The van der Waals surface area contributed by atoms with E-state index >= 15 is 0 Å². The maximum absolute atomic E-state index is 14.2. The Morgan fingerprint density at radius 3 is 2.73 bits per heavy atom. The molecule has 8 heteroatoms. The monoisotopic (exact) mass is 357 g/mol. The molecule has 0 fully saturated rings. The first-order chi connectivity index (χ1) is 12.6. The number of methoxy groups -OCH3 is 1. The summed E-state index contributed by atoms with van der Waals surface area (Å²) in [4.78, 5) is 4.04. The van der Waals surface area contributed by atoms with Gasteiger partial charge < -0.3 is 9.47 Å². The van der Waals surface area contributed by atoms with Crippen molar-refractivity contribution in [1.29, 1.82) is 0 Å². The van der Waals surface area contributed by atoms with Crippen LogP contribution < -0.4 is 4.74 Å². The number of hydrogen-bond acceptors (Lipinski definition) is 5. The Balaban J connectivity index is 1.90. The predicted molar refractivity (Wildman–Crippen MR) is 93.0 cm³/mol. The highest BCUT2D eigenvalue weighted by atomic mass is 19.1. The van der Waals surface area contributed by atoms with Crippen LogP contribution in [0, 0.1) is 12.7 Å². The van der Waals surface area contributed by atoms with E-state index in [9.17, 15) is 4.39 Å². The van der Waals surface area contributed by atoms with Gasteiger partial charge in [0.1, 0.15) is 0 Å². The van der Waals surface area contributed by atoms with Crippen molar-refractivity contribution in [2.24, 2.45) is 7.05 Å². The number of aryl methyl sites for hydroxylation is 2. The van der Waals surface area contributed by atoms with Gasteiger partial charge >= 0.3 is 0 Å². The number of ether oxygens (including phenoxy) is 2. The van der Waals surface area contributed by atoms with Gasteiger partial charge in [-0.25, -0.2) is 14.1 Å². The summed E-state index contributed by atoms with van der Waals surface area (Å²) < 4.78 is 28.3. The van der Waals surface area contributed by atoms with Crippen LogP contribution in [-0.2, 0) is 24.6 Å². The summed E-state index contributed by atoms with van der Waals surface area (Å²) in [5.74, 6) is -0.545. The van der Waals surface area contributed by atoms with E-state index in [0.717, 1.165) is 34.6 Å². The number of aromatic nitrogens is 5. The van der Waals surface area contributed by atoms with Crippen molar-refractivity contribution in [3.63, 3.8) is 0 Å². The van der Waals surface area contributed by atoms with Crippen molar-refractivity contribution in [1.82, 2.24) is 24.5 Å². The molecule has 136 valence electrons. The van der Waals surface area contributed by atoms with Gasteiger partial charge in [-0.1, -0.05) is 0 Å². The number of rotatable bonds is 3. The van der Waals surface area contributed by atoms with Crippen LogP contribution in [0.4, 0.5) is 4.39 Å². The maximum Gasteiger partial charge on any atom is 0.250 e. The molecule has 0 unspecified atom stereocenters. The van der Waals surface area contributed by atoms with Crippen molar-refractivity contribution in [2.75, 3.05) is 20.3 Å². The third kappa shape index (κ3) is 2.76. The summed E-state index contributed by atoms with van der Waals surface area (Å²) in [5, 5.41) is 9.23. The zero-order chi connectivity index (χ0) is 18.3. The van der Waals surface area contributed by atoms with Crippen LogP contribution in [0.1, 0.15) is 17.0 Å². The highest BCUT2D eigenvalue weighted by Gasteiger charge is 2.24. The molecule has 0 aliphatic carbocycles. The highest BCUT2D eigenvalue weighted by Crippen LogP contribution is 2.31. The van der Waals surface area contributed by atoms with Crippen molar-refractivity contribution in [3.05, 3.63) is 41.2 Å². The Bertz CT molecular complexity index is 963. The Kier molecular flexibility index (Phi) is 4.20. The average Bonchev–Trinajstić information content (AvgIpc) is 3.03. The molecule has 4 heterocycles. The third-order valence-electron chi connectivity index (χ3n) is 4.57. The number of halogens is 1. The average molecular weight is 357 g/mol. The van der Waals surface area contributed by atoms with Gasteiger partial charge in [-0.3, -0.25) is 4.68 Å². The normalized spacial score (nSPS) is 14.2. The molecule has 0 saturated heterocycles. The third-order valence-corrected chi connectivity index (χ3v) is 4.57. The number of hydrogen-bond donors (Lipinski definition) is 0. The lowest BCUT2D eigenvalue weighted by atomic mass is 10.0. The molecule has 3 aromatic rings. The number of pyridine rings is 1. The van der Waals surface area contributed by atoms with Gasteiger partial charge in [-0.15, -0.1) is 0 Å². The predicted octanol–water partition coefficient (Wildman–Crippen LogP) is 2.24. The van der Waals surface area contributed by atoms with E-state index < -0.39 is 5.82 Å². The number of fused-ring (bicyclic) bond motifs is 1. The molecular weight excluding hydrogens is 337 g/mol. The summed E-state index contributed by atoms with van der Waals surface area (Å²) in [6.07, 6.45) is 4.99. The minimum absolute atomic E-state index is 0.0290. The fourth-order valence-electron chi connectivity index (χ4n) is 3.39. The van der Waals surface area contributed by atoms with Crippen LogP contribution in [0.25, 0.3) is 16.9 Å². The second-order valence-corrected chi connectivity index (χ2v) is 6.28. The molecule has 7 nitrogen and oxygen atoms in total. The van der Waals surface area contributed by atoms with Crippen molar-refractivity contribution >= 4 is 0 Å². The topological polar surface area (TPSA) is 67.0 Å². The van der Waals surface area contributed by atoms with Gasteiger partial charge in [0, 0.05) is 36.9 Å². The van der Waals surface area contributed by atoms with E-state index in [1.165, 1.54) is 13.2 Å². The van der Waals surface area contributed by atoms with Crippen molar-refractivity contribution < 1.29 is 13.9 Å². The summed E-state index contributed by atoms with van der Waals surface area (Å²) in [6, 6.07) is 1.39. The molecule has 0 N–H and O–H groups in total. The van der Waals surface area contributed by atoms with Crippen LogP contribution in [0.5, 0.6) is 5.88 Å². The molecule has 4 rings (SSSR count). The minimum Gasteiger partial charge on any atom is -0.479 e. The van der Waals surface area contributed by atoms with E-state index in [0.29, 0.717) is 25.3 Å². The molecule has 26 heavy (non-hydrogen) atoms. The van der Waals surface area contributed by atoms with Crippen LogP contribution >= 0.6 is 0 Å². The highest BCUT2D eigenvalue weighted by molar-refractivity contribution is 5.66. The Morgan fingerprint density at radius 1 is 1.23 bits per heavy atom. The Morgan fingerprint density at radius 2 is 2.04 bits per heavy atom. The van der Waals surface area contributed by atoms with Crippen LogP contribution in [0.3, 0.4) is 0 Å². The lowest BCUT2D eigenvalue weighted by molar-refractivity contribution is 0.145. The summed E-state index contributed by atoms with van der Waals surface area (Å²) in [7, 11) is 3.28.